The van der Waals surface area contributed by atoms with Crippen molar-refractivity contribution in [2.45, 2.75) is 57.0 Å². The Morgan fingerprint density at radius 2 is 1.61 bits per heavy atom. The Morgan fingerprint density at radius 3 is 2.33 bits per heavy atom. The number of hydrogen-bond acceptors (Lipinski definition) is 4. The molecule has 0 saturated carbocycles. The van der Waals surface area contributed by atoms with Crippen LogP contribution in [0.25, 0.3) is 0 Å². The van der Waals surface area contributed by atoms with Gasteiger partial charge in [0.1, 0.15) is 40.9 Å². The number of rotatable bonds is 7. The molecule has 1 fully saturated rings. The largest absolute Gasteiger partial charge is 0.487 e. The summed E-state index contributed by atoms with van der Waals surface area (Å²) in [6.45, 7) is 5.54. The van der Waals surface area contributed by atoms with E-state index in [1.165, 1.54) is 24.3 Å². The first-order valence-electron chi connectivity index (χ1n) is 12.8. The van der Waals surface area contributed by atoms with E-state index in [0.717, 1.165) is 62.2 Å². The third kappa shape index (κ3) is 5.71. The van der Waals surface area contributed by atoms with Crippen molar-refractivity contribution in [1.29, 1.82) is 0 Å². The molecule has 6 heteroatoms. The number of ether oxygens (including phenoxy) is 3. The molecule has 2 heterocycles. The van der Waals surface area contributed by atoms with E-state index in [1.54, 1.807) is 24.3 Å². The van der Waals surface area contributed by atoms with Crippen LogP contribution in [0.1, 0.15) is 49.8 Å². The first kappa shape index (κ1) is 24.7. The lowest BCUT2D eigenvalue weighted by Gasteiger charge is -2.43. The number of hydrogen-bond donors (Lipinski definition) is 0. The molecule has 3 aromatic carbocycles. The minimum atomic E-state index is -0.301. The summed E-state index contributed by atoms with van der Waals surface area (Å²) in [4.78, 5) is 2.47. The zero-order valence-corrected chi connectivity index (χ0v) is 20.7. The van der Waals surface area contributed by atoms with Crippen LogP contribution in [0.4, 0.5) is 8.78 Å². The van der Waals surface area contributed by atoms with Crippen LogP contribution in [-0.4, -0.2) is 36.2 Å². The van der Waals surface area contributed by atoms with Crippen molar-refractivity contribution in [1.82, 2.24) is 4.90 Å². The highest BCUT2D eigenvalue weighted by molar-refractivity contribution is 5.34. The predicted octanol–water partition coefficient (Wildman–Crippen LogP) is 6.70. The Balaban J connectivity index is 1.16. The molecule has 2 aliphatic heterocycles. The van der Waals surface area contributed by atoms with Gasteiger partial charge in [0.25, 0.3) is 0 Å². The van der Waals surface area contributed by atoms with Gasteiger partial charge in [0.15, 0.2) is 0 Å². The highest BCUT2D eigenvalue weighted by atomic mass is 19.1. The van der Waals surface area contributed by atoms with E-state index < -0.39 is 0 Å². The number of nitrogens with zero attached hydrogens (tertiary/aromatic N) is 1. The molecule has 190 valence electrons. The molecule has 2 unspecified atom stereocenters. The van der Waals surface area contributed by atoms with Crippen LogP contribution in [0.2, 0.25) is 0 Å². The Labute approximate surface area is 211 Å². The first-order valence-corrected chi connectivity index (χ1v) is 12.8. The quantitative estimate of drug-likeness (QED) is 0.367. The lowest BCUT2D eigenvalue weighted by atomic mass is 9.86. The van der Waals surface area contributed by atoms with E-state index in [2.05, 4.69) is 17.9 Å². The molecule has 5 rings (SSSR count). The molecule has 0 N–H and O–H groups in total. The van der Waals surface area contributed by atoms with Gasteiger partial charge in [-0.05, 0) is 87.2 Å². The minimum Gasteiger partial charge on any atom is -0.487 e. The average Bonchev–Trinajstić information content (AvgIpc) is 3.03. The molecule has 3 aromatic rings. The molecule has 36 heavy (non-hydrogen) atoms. The molecule has 4 nitrogen and oxygen atoms in total. The second-order valence-corrected chi connectivity index (χ2v) is 9.82. The van der Waals surface area contributed by atoms with Crippen molar-refractivity contribution in [3.05, 3.63) is 95.6 Å². The van der Waals surface area contributed by atoms with Crippen LogP contribution in [0.3, 0.4) is 0 Å². The van der Waals surface area contributed by atoms with E-state index in [9.17, 15) is 8.78 Å². The molecular weight excluding hydrogens is 460 g/mol. The Kier molecular flexibility index (Phi) is 7.54. The molecule has 2 aliphatic rings. The molecule has 2 atom stereocenters. The maximum absolute atomic E-state index is 13.5. The van der Waals surface area contributed by atoms with Gasteiger partial charge >= 0.3 is 0 Å². The van der Waals surface area contributed by atoms with Gasteiger partial charge in [-0.15, -0.1) is 0 Å². The monoisotopic (exact) mass is 493 g/mol. The third-order valence-electron chi connectivity index (χ3n) is 7.51. The summed E-state index contributed by atoms with van der Waals surface area (Å²) in [6.07, 6.45) is 3.31. The van der Waals surface area contributed by atoms with Gasteiger partial charge in [-0.1, -0.05) is 30.3 Å². The summed E-state index contributed by atoms with van der Waals surface area (Å²) in [7, 11) is 0. The molecular formula is C30H33F2NO3. The predicted molar refractivity (Wildman–Crippen MR) is 135 cm³/mol. The van der Waals surface area contributed by atoms with E-state index in [0.29, 0.717) is 12.4 Å². The number of fused-ring (bicyclic) bond motifs is 1. The SMILES string of the molecule is CC1Oc2ccccc2COC12CCN(CCCC(Oc1ccc(F)cc1)c1ccc(F)cc1)CC2. The van der Waals surface area contributed by atoms with E-state index in [1.807, 2.05) is 18.2 Å². The fourth-order valence-corrected chi connectivity index (χ4v) is 5.23. The van der Waals surface area contributed by atoms with Crippen LogP contribution in [0, 0.1) is 11.6 Å². The number of benzene rings is 3. The van der Waals surface area contributed by atoms with Gasteiger partial charge in [-0.3, -0.25) is 0 Å². The van der Waals surface area contributed by atoms with E-state index in [4.69, 9.17) is 14.2 Å². The van der Waals surface area contributed by atoms with Crippen molar-refractivity contribution in [2.75, 3.05) is 19.6 Å². The minimum absolute atomic E-state index is 0.00438. The van der Waals surface area contributed by atoms with Crippen LogP contribution in [-0.2, 0) is 11.3 Å². The Morgan fingerprint density at radius 1 is 0.944 bits per heavy atom. The normalized spacial score (nSPS) is 20.2. The summed E-state index contributed by atoms with van der Waals surface area (Å²) in [6, 6.07) is 20.6. The number of likely N-dealkylation sites (tertiary alicyclic amines) is 1. The third-order valence-corrected chi connectivity index (χ3v) is 7.51. The van der Waals surface area contributed by atoms with Gasteiger partial charge in [0, 0.05) is 18.7 Å². The maximum atomic E-state index is 13.5. The fraction of sp³-hybridized carbons (Fsp3) is 0.400. The van der Waals surface area contributed by atoms with Crippen molar-refractivity contribution in [2.24, 2.45) is 0 Å². The number of para-hydroxylation sites is 1. The van der Waals surface area contributed by atoms with Crippen molar-refractivity contribution in [3.8, 4) is 11.5 Å². The van der Waals surface area contributed by atoms with Crippen LogP contribution in [0.5, 0.6) is 11.5 Å². The molecule has 0 bridgehead atoms. The second kappa shape index (κ2) is 11.0. The molecule has 1 spiro atoms. The van der Waals surface area contributed by atoms with Gasteiger partial charge in [0.05, 0.1) is 6.61 Å². The summed E-state index contributed by atoms with van der Waals surface area (Å²) < 4.78 is 45.8. The molecule has 0 aliphatic carbocycles. The van der Waals surface area contributed by atoms with Crippen molar-refractivity contribution in [3.63, 3.8) is 0 Å². The lowest BCUT2D eigenvalue weighted by molar-refractivity contribution is -0.136. The van der Waals surface area contributed by atoms with E-state index >= 15 is 0 Å². The van der Waals surface area contributed by atoms with Crippen molar-refractivity contribution < 1.29 is 23.0 Å². The van der Waals surface area contributed by atoms with Crippen LogP contribution < -0.4 is 9.47 Å². The Bertz CT molecular complexity index is 1130. The molecule has 0 amide bonds. The molecule has 0 radical (unpaired) electrons. The van der Waals surface area contributed by atoms with Gasteiger partial charge in [-0.2, -0.15) is 0 Å². The topological polar surface area (TPSA) is 30.9 Å². The molecule has 1 saturated heterocycles. The summed E-state index contributed by atoms with van der Waals surface area (Å²) in [5.41, 5.74) is 1.75. The van der Waals surface area contributed by atoms with Gasteiger partial charge < -0.3 is 19.1 Å². The van der Waals surface area contributed by atoms with Gasteiger partial charge in [-0.25, -0.2) is 8.78 Å². The summed E-state index contributed by atoms with van der Waals surface area (Å²) >= 11 is 0. The highest BCUT2D eigenvalue weighted by Gasteiger charge is 2.43. The summed E-state index contributed by atoms with van der Waals surface area (Å²) in [5.74, 6) is 0.955. The molecule has 0 aromatic heterocycles. The summed E-state index contributed by atoms with van der Waals surface area (Å²) in [5, 5.41) is 0. The highest BCUT2D eigenvalue weighted by Crippen LogP contribution is 2.38. The van der Waals surface area contributed by atoms with Gasteiger partial charge in [0.2, 0.25) is 0 Å². The van der Waals surface area contributed by atoms with Crippen LogP contribution >= 0.6 is 0 Å². The zero-order valence-electron chi connectivity index (χ0n) is 20.7. The lowest BCUT2D eigenvalue weighted by Crippen LogP contribution is -2.53. The first-order chi connectivity index (χ1) is 17.5. The zero-order chi connectivity index (χ0) is 25.0. The smallest absolute Gasteiger partial charge is 0.125 e. The maximum Gasteiger partial charge on any atom is 0.125 e. The number of piperidine rings is 1. The van der Waals surface area contributed by atoms with Crippen LogP contribution in [0.15, 0.2) is 72.8 Å². The fourth-order valence-electron chi connectivity index (χ4n) is 5.23. The average molecular weight is 494 g/mol. The number of halogens is 2. The van der Waals surface area contributed by atoms with E-state index in [-0.39, 0.29) is 29.4 Å². The standard InChI is InChI=1S/C30H33F2NO3/c1-22-30(34-21-24-5-2-3-6-29(24)35-22)16-19-33(20-17-30)18-4-7-28(23-8-10-25(31)11-9-23)36-27-14-12-26(32)13-15-27/h2-3,5-6,8-15,22,28H,4,7,16-21H2,1H3. The van der Waals surface area contributed by atoms with Crippen molar-refractivity contribution >= 4 is 0 Å². The second-order valence-electron chi connectivity index (χ2n) is 9.82. The Hall–Kier alpha value is -2.96.